The SMILES string of the molecule is CC(=O)c1cn(CC(=O)N2C[C@H](F)C[C@H]2C(=O)NCc2cccc(Cl)c2F)c2cc(CO)ccc12. The topological polar surface area (TPSA) is 91.6 Å². The lowest BCUT2D eigenvalue weighted by Gasteiger charge is -2.24. The van der Waals surface area contributed by atoms with Crippen LogP contribution >= 0.6 is 11.6 Å². The molecule has 10 heteroatoms. The van der Waals surface area contributed by atoms with Gasteiger partial charge in [0, 0.05) is 41.2 Å². The van der Waals surface area contributed by atoms with Crippen LogP contribution in [0.1, 0.15) is 34.8 Å². The number of nitrogens with one attached hydrogen (secondary N) is 1. The molecule has 0 spiro atoms. The van der Waals surface area contributed by atoms with Crippen molar-refractivity contribution >= 4 is 40.1 Å². The molecule has 1 aliphatic rings. The van der Waals surface area contributed by atoms with Gasteiger partial charge in [0.2, 0.25) is 11.8 Å². The van der Waals surface area contributed by atoms with Gasteiger partial charge in [-0.25, -0.2) is 8.78 Å². The van der Waals surface area contributed by atoms with Crippen molar-refractivity contribution in [3.63, 3.8) is 0 Å². The molecule has 2 amide bonds. The highest BCUT2D eigenvalue weighted by Gasteiger charge is 2.39. The van der Waals surface area contributed by atoms with E-state index in [4.69, 9.17) is 11.6 Å². The fourth-order valence-electron chi connectivity index (χ4n) is 4.38. The minimum Gasteiger partial charge on any atom is -0.392 e. The van der Waals surface area contributed by atoms with E-state index in [-0.39, 0.29) is 49.0 Å². The average Bonchev–Trinajstić information content (AvgIpc) is 3.40. The Morgan fingerprint density at radius 1 is 1.23 bits per heavy atom. The van der Waals surface area contributed by atoms with E-state index < -0.39 is 29.8 Å². The van der Waals surface area contributed by atoms with Crippen molar-refractivity contribution in [3.05, 3.63) is 70.1 Å². The van der Waals surface area contributed by atoms with E-state index in [2.05, 4.69) is 5.32 Å². The summed E-state index contributed by atoms with van der Waals surface area (Å²) in [6.07, 6.45) is -0.00525. The average molecular weight is 504 g/mol. The van der Waals surface area contributed by atoms with Gasteiger partial charge in [-0.3, -0.25) is 14.4 Å². The number of aromatic nitrogens is 1. The van der Waals surface area contributed by atoms with Crippen molar-refractivity contribution < 1.29 is 28.3 Å². The minimum absolute atomic E-state index is 0.0773. The molecule has 0 unspecified atom stereocenters. The first-order valence-electron chi connectivity index (χ1n) is 11.1. The van der Waals surface area contributed by atoms with Gasteiger partial charge in [-0.05, 0) is 24.6 Å². The molecule has 2 aromatic carbocycles. The summed E-state index contributed by atoms with van der Waals surface area (Å²) >= 11 is 5.77. The van der Waals surface area contributed by atoms with Crippen LogP contribution in [0.2, 0.25) is 5.02 Å². The maximum atomic E-state index is 14.3. The molecule has 2 N–H and O–H groups in total. The number of amides is 2. The lowest BCUT2D eigenvalue weighted by molar-refractivity contribution is -0.139. The second kappa shape index (κ2) is 10.1. The molecule has 0 aliphatic carbocycles. The highest BCUT2D eigenvalue weighted by Crippen LogP contribution is 2.26. The highest BCUT2D eigenvalue weighted by atomic mass is 35.5. The van der Waals surface area contributed by atoms with Crippen molar-refractivity contribution in [2.45, 2.75) is 45.3 Å². The van der Waals surface area contributed by atoms with Crippen LogP contribution in [-0.4, -0.2) is 50.9 Å². The molecule has 0 saturated carbocycles. The number of aliphatic hydroxyl groups is 1. The van der Waals surface area contributed by atoms with Crippen LogP contribution in [0.3, 0.4) is 0 Å². The van der Waals surface area contributed by atoms with Crippen LogP contribution < -0.4 is 5.32 Å². The molecule has 1 aromatic heterocycles. The summed E-state index contributed by atoms with van der Waals surface area (Å²) in [5.41, 5.74) is 1.77. The molecule has 7 nitrogen and oxygen atoms in total. The summed E-state index contributed by atoms with van der Waals surface area (Å²) in [5, 5.41) is 12.6. The van der Waals surface area contributed by atoms with Crippen LogP contribution in [0.4, 0.5) is 8.78 Å². The Hall–Kier alpha value is -3.30. The van der Waals surface area contributed by atoms with Crippen LogP contribution in [0, 0.1) is 5.82 Å². The number of ketones is 1. The second-order valence-corrected chi connectivity index (χ2v) is 8.97. The molecule has 184 valence electrons. The van der Waals surface area contributed by atoms with Crippen molar-refractivity contribution in [3.8, 4) is 0 Å². The van der Waals surface area contributed by atoms with E-state index in [1.54, 1.807) is 35.0 Å². The summed E-state index contributed by atoms with van der Waals surface area (Å²) in [7, 11) is 0. The minimum atomic E-state index is -1.38. The Labute approximate surface area is 205 Å². The van der Waals surface area contributed by atoms with Gasteiger partial charge in [-0.2, -0.15) is 0 Å². The number of rotatable bonds is 7. The number of nitrogens with zero attached hydrogens (tertiary/aromatic N) is 2. The van der Waals surface area contributed by atoms with E-state index in [9.17, 15) is 28.3 Å². The van der Waals surface area contributed by atoms with Gasteiger partial charge in [0.1, 0.15) is 24.6 Å². The predicted octanol–water partition coefficient (Wildman–Crippen LogP) is 3.38. The molecule has 0 bridgehead atoms. The van der Waals surface area contributed by atoms with Crippen molar-refractivity contribution in [1.29, 1.82) is 0 Å². The number of benzene rings is 2. The van der Waals surface area contributed by atoms with E-state index in [1.807, 2.05) is 0 Å². The molecule has 1 aliphatic heterocycles. The lowest BCUT2D eigenvalue weighted by Crippen LogP contribution is -2.46. The lowest BCUT2D eigenvalue weighted by atomic mass is 10.1. The molecule has 4 rings (SSSR count). The normalized spacial score (nSPS) is 17.7. The summed E-state index contributed by atoms with van der Waals surface area (Å²) in [5.74, 6) is -1.93. The fourth-order valence-corrected chi connectivity index (χ4v) is 4.57. The van der Waals surface area contributed by atoms with Gasteiger partial charge in [-0.15, -0.1) is 0 Å². The summed E-state index contributed by atoms with van der Waals surface area (Å²) in [6.45, 7) is 0.573. The molecule has 0 radical (unpaired) electrons. The maximum Gasteiger partial charge on any atom is 0.243 e. The monoisotopic (exact) mass is 503 g/mol. The first-order chi connectivity index (χ1) is 16.7. The Balaban J connectivity index is 1.53. The standard InChI is InChI=1S/C25H24ClF2N3O4/c1-14(33)19-11-30(21-7-15(13-32)5-6-18(19)21)12-23(34)31-10-17(27)8-22(31)25(35)29-9-16-3-2-4-20(26)24(16)28/h2-7,11,17,22,32H,8-10,12-13H2,1H3,(H,29,35)/t17-,22+/m1/s1. The maximum absolute atomic E-state index is 14.3. The van der Waals surface area contributed by atoms with E-state index in [1.165, 1.54) is 24.0 Å². The number of Topliss-reactive ketones (excluding diaryl/α,β-unsaturated/α-hetero) is 1. The van der Waals surface area contributed by atoms with Crippen LogP contribution in [0.25, 0.3) is 10.9 Å². The number of carbonyl (C=O) groups excluding carboxylic acids is 3. The number of hydrogen-bond donors (Lipinski definition) is 2. The van der Waals surface area contributed by atoms with E-state index in [0.29, 0.717) is 22.0 Å². The summed E-state index contributed by atoms with van der Waals surface area (Å²) in [4.78, 5) is 39.2. The van der Waals surface area contributed by atoms with Crippen LogP contribution in [0.15, 0.2) is 42.6 Å². The summed E-state index contributed by atoms with van der Waals surface area (Å²) < 4.78 is 30.0. The molecule has 3 aromatic rings. The molecular weight excluding hydrogens is 480 g/mol. The van der Waals surface area contributed by atoms with Crippen molar-refractivity contribution in [2.24, 2.45) is 0 Å². The zero-order chi connectivity index (χ0) is 25.3. The third-order valence-corrected chi connectivity index (χ3v) is 6.46. The van der Waals surface area contributed by atoms with Gasteiger partial charge in [0.25, 0.3) is 0 Å². The Kier molecular flexibility index (Phi) is 7.18. The third kappa shape index (κ3) is 5.06. The molecule has 35 heavy (non-hydrogen) atoms. The number of fused-ring (bicyclic) bond motifs is 1. The van der Waals surface area contributed by atoms with Crippen molar-refractivity contribution in [1.82, 2.24) is 14.8 Å². The van der Waals surface area contributed by atoms with Gasteiger partial charge in [0.05, 0.1) is 18.2 Å². The van der Waals surface area contributed by atoms with Gasteiger partial charge in [-0.1, -0.05) is 35.9 Å². The van der Waals surface area contributed by atoms with Gasteiger partial charge >= 0.3 is 0 Å². The first kappa shape index (κ1) is 24.8. The number of halogens is 3. The van der Waals surface area contributed by atoms with E-state index in [0.717, 1.165) is 0 Å². The number of hydrogen-bond acceptors (Lipinski definition) is 4. The summed E-state index contributed by atoms with van der Waals surface area (Å²) in [6, 6.07) is 8.44. The number of carbonyl (C=O) groups is 3. The van der Waals surface area contributed by atoms with Gasteiger partial charge in [0.15, 0.2) is 5.78 Å². The molecule has 2 heterocycles. The Bertz CT molecular complexity index is 1310. The third-order valence-electron chi connectivity index (χ3n) is 6.17. The van der Waals surface area contributed by atoms with Gasteiger partial charge < -0.3 is 19.9 Å². The predicted molar refractivity (Wildman–Crippen MR) is 126 cm³/mol. The Morgan fingerprint density at radius 2 is 2.00 bits per heavy atom. The zero-order valence-corrected chi connectivity index (χ0v) is 19.7. The first-order valence-corrected chi connectivity index (χ1v) is 11.4. The van der Waals surface area contributed by atoms with Crippen LogP contribution in [-0.2, 0) is 29.3 Å². The Morgan fingerprint density at radius 3 is 2.71 bits per heavy atom. The van der Waals surface area contributed by atoms with Crippen molar-refractivity contribution in [2.75, 3.05) is 6.54 Å². The molecule has 1 fully saturated rings. The highest BCUT2D eigenvalue weighted by molar-refractivity contribution is 6.30. The largest absolute Gasteiger partial charge is 0.392 e. The van der Waals surface area contributed by atoms with Crippen LogP contribution in [0.5, 0.6) is 0 Å². The second-order valence-electron chi connectivity index (χ2n) is 8.56. The zero-order valence-electron chi connectivity index (χ0n) is 18.9. The fraction of sp³-hybridized carbons (Fsp3) is 0.320. The number of alkyl halides is 1. The number of aliphatic hydroxyl groups excluding tert-OH is 1. The smallest absolute Gasteiger partial charge is 0.243 e. The quantitative estimate of drug-likeness (QED) is 0.484. The molecule has 2 atom stereocenters. The molecule has 1 saturated heterocycles. The molecular formula is C25H24ClF2N3O4. The van der Waals surface area contributed by atoms with E-state index >= 15 is 0 Å². The number of likely N-dealkylation sites (tertiary alicyclic amines) is 1.